The van der Waals surface area contributed by atoms with Crippen molar-refractivity contribution in [2.24, 2.45) is 23.5 Å². The smallest absolute Gasteiger partial charge is 0.326 e. The molecule has 0 aromatic rings. The van der Waals surface area contributed by atoms with Crippen LogP contribution in [0.1, 0.15) is 180 Å². The average molecular weight is 1430 g/mol. The summed E-state index contributed by atoms with van der Waals surface area (Å²) in [5.74, 6) is -11.9. The normalized spacial score (nSPS) is 12.8. The van der Waals surface area contributed by atoms with Gasteiger partial charge < -0.3 is 98.4 Å². The average Bonchev–Trinajstić information content (AvgIpc) is 1.94. The standard InChI is InChI=1S/C59H100N5O22S.C3H7NO.Y/c1-43(49(67)37-45(38-65)57(77)78)41-87-42-54(72)60-27-19-18-20-47(58(79)80)64-53(71)40-86-35-33-84-31-29-62-52(70)39-85-34-32-83-30-28-61-50(68)26-23-44(56(75)76)36-46(66)24-25-48(59(81)82)63-51(69)21-16-14-12-10-8-6-4-2-3-5-7-9-11-13-15-17-22-55(73)74;1-3(4)2-5;/h43-45,47-48,65H,1-42H2,(H,60,72)(H,61,68)(H,62,70)(H,63,69)(H,64,71)(H,73,74)(H,75,76)(H,77,78)(H,79,80)(H,81,82);2-3H,4H2,1H3;/q-1;;/t43-,44+,45-,47+,48+;3-;/m00./s1. The number of carboxylic acid groups (broad SMARTS) is 5. The van der Waals surface area contributed by atoms with Crippen molar-refractivity contribution in [1.29, 1.82) is 0 Å². The number of aliphatic carboxylic acids is 5. The number of carbonyl (C=O) groups excluding carboxylic acids is 8. The van der Waals surface area contributed by atoms with Gasteiger partial charge in [-0.1, -0.05) is 89.9 Å². The fourth-order valence-electron chi connectivity index (χ4n) is 8.57. The second-order valence-corrected chi connectivity index (χ2v) is 23.3. The number of carbonyl (C=O) groups is 13. The molecule has 0 saturated carbocycles. The van der Waals surface area contributed by atoms with Crippen LogP contribution in [0.3, 0.4) is 0 Å². The summed E-state index contributed by atoms with van der Waals surface area (Å²) in [7, 11) is 0. The van der Waals surface area contributed by atoms with Crippen LogP contribution in [0.15, 0.2) is 0 Å². The molecule has 0 aliphatic rings. The zero-order valence-corrected chi connectivity index (χ0v) is 58.1. The fourth-order valence-corrected chi connectivity index (χ4v) is 9.44. The van der Waals surface area contributed by atoms with Crippen molar-refractivity contribution in [3.63, 3.8) is 0 Å². The Bertz CT molecular complexity index is 2130. The first-order valence-electron chi connectivity index (χ1n) is 32.0. The monoisotopic (exact) mass is 1420 g/mol. The van der Waals surface area contributed by atoms with Crippen LogP contribution in [0, 0.1) is 24.7 Å². The first kappa shape index (κ1) is 92.1. The molecule has 5 amide bonds. The number of thioether (sulfide) groups is 1. The van der Waals surface area contributed by atoms with Crippen molar-refractivity contribution < 1.29 is 145 Å². The van der Waals surface area contributed by atoms with Crippen LogP contribution >= 0.6 is 11.8 Å². The fraction of sp³-hybridized carbons (Fsp3) is 0.774. The molecule has 0 saturated heterocycles. The maximum absolute atomic E-state index is 12.7. The van der Waals surface area contributed by atoms with Gasteiger partial charge in [-0.3, -0.25) is 43.2 Å². The van der Waals surface area contributed by atoms with Gasteiger partial charge in [-0.25, -0.2) is 9.59 Å². The van der Waals surface area contributed by atoms with Crippen LogP contribution in [0.5, 0.6) is 0 Å². The molecule has 93 heavy (non-hydrogen) atoms. The maximum Gasteiger partial charge on any atom is 0.326 e. The number of rotatable bonds is 63. The quantitative estimate of drug-likeness (QED) is 0.0236. The van der Waals surface area contributed by atoms with E-state index >= 15 is 0 Å². The molecule has 0 bridgehead atoms. The van der Waals surface area contributed by atoms with Crippen molar-refractivity contribution in [1.82, 2.24) is 26.6 Å². The van der Waals surface area contributed by atoms with Gasteiger partial charge in [0, 0.05) is 90.9 Å². The van der Waals surface area contributed by atoms with E-state index in [4.69, 9.17) is 40.0 Å². The Balaban J connectivity index is -0.0000129. The summed E-state index contributed by atoms with van der Waals surface area (Å²) in [6, 6.07) is -2.77. The van der Waals surface area contributed by atoms with E-state index in [-0.39, 0.29) is 173 Å². The number of ketones is 2. The van der Waals surface area contributed by atoms with Gasteiger partial charge in [0.1, 0.15) is 43.2 Å². The van der Waals surface area contributed by atoms with E-state index < -0.39 is 115 Å². The van der Waals surface area contributed by atoms with Crippen LogP contribution in [-0.4, -0.2) is 217 Å². The van der Waals surface area contributed by atoms with E-state index in [0.717, 1.165) is 56.7 Å². The van der Waals surface area contributed by atoms with E-state index in [0.29, 0.717) is 25.5 Å². The van der Waals surface area contributed by atoms with Crippen LogP contribution in [0.2, 0.25) is 0 Å². The largest absolute Gasteiger partial charge is 0.481 e. The molecule has 533 valence electrons. The molecule has 0 aromatic carbocycles. The molecule has 0 aliphatic carbocycles. The number of Topliss-reactive ketones (excluding diaryl/α,β-unsaturated/α-hetero) is 2. The number of aldehydes is 1. The zero-order chi connectivity index (χ0) is 69.2. The van der Waals surface area contributed by atoms with Gasteiger partial charge in [-0.2, -0.15) is 11.8 Å². The molecular weight excluding hydrogens is 1320 g/mol. The van der Waals surface area contributed by atoms with Crippen molar-refractivity contribution in [2.75, 3.05) is 90.6 Å². The number of aliphatic hydroxyl groups is 1. The van der Waals surface area contributed by atoms with Gasteiger partial charge in [0.05, 0.1) is 69.9 Å². The Morgan fingerprint density at radius 1 is 0.473 bits per heavy atom. The molecule has 29 nitrogen and oxygen atoms in total. The van der Waals surface area contributed by atoms with Crippen molar-refractivity contribution >= 4 is 89.0 Å². The summed E-state index contributed by atoms with van der Waals surface area (Å²) in [6.07, 6.45) is 17.6. The molecule has 13 N–H and O–H groups in total. The van der Waals surface area contributed by atoms with Gasteiger partial charge in [0.2, 0.25) is 29.5 Å². The SMILES string of the molecule is C[C@H](N)C=O.[CH2-][C@@H](CSCC(=O)NCCCC[C@@H](NC(=O)COCCOCCNC(=O)COCCOCCNC(=O)CC[C@H](CC(=O)CC[C@@H](NC(=O)CCCCCCCCCCCCCCCCCCC(=O)O)C(=O)O)C(=O)O)C(=O)O)C(=O)C[C@@H](CO)C(=O)O.[Y]. The minimum atomic E-state index is -1.30. The van der Waals surface area contributed by atoms with Crippen LogP contribution < -0.4 is 32.3 Å². The van der Waals surface area contributed by atoms with Crippen molar-refractivity contribution in [2.45, 2.75) is 198 Å². The predicted octanol–water partition coefficient (Wildman–Crippen LogP) is 3.40. The number of hydrogen-bond acceptors (Lipinski definition) is 20. The molecule has 31 heteroatoms. The Hall–Kier alpha value is -5.08. The van der Waals surface area contributed by atoms with Crippen LogP contribution in [0.25, 0.3) is 0 Å². The van der Waals surface area contributed by atoms with Crippen molar-refractivity contribution in [3.05, 3.63) is 6.92 Å². The molecule has 0 fully saturated rings. The second kappa shape index (κ2) is 63.0. The maximum atomic E-state index is 12.7. The number of ether oxygens (including phenoxy) is 4. The van der Waals surface area contributed by atoms with Gasteiger partial charge in [0.25, 0.3) is 0 Å². The minimum Gasteiger partial charge on any atom is -0.481 e. The van der Waals surface area contributed by atoms with E-state index in [1.54, 1.807) is 6.92 Å². The number of hydrogen-bond donors (Lipinski definition) is 12. The molecule has 0 heterocycles. The Labute approximate surface area is 576 Å². The molecule has 0 spiro atoms. The Morgan fingerprint density at radius 3 is 1.39 bits per heavy atom. The third kappa shape index (κ3) is 60.3. The first-order chi connectivity index (χ1) is 43.9. The van der Waals surface area contributed by atoms with Crippen molar-refractivity contribution in [3.8, 4) is 0 Å². The zero-order valence-electron chi connectivity index (χ0n) is 54.4. The van der Waals surface area contributed by atoms with Crippen LogP contribution in [-0.2, 0) is 114 Å². The minimum absolute atomic E-state index is 0. The van der Waals surface area contributed by atoms with E-state index in [9.17, 15) is 77.6 Å². The Kier molecular flexibility index (Phi) is 62.4. The molecule has 0 unspecified atom stereocenters. The number of amides is 5. The predicted molar refractivity (Wildman–Crippen MR) is 339 cm³/mol. The molecule has 1 radical (unpaired) electrons. The molecule has 0 aliphatic heterocycles. The van der Waals surface area contributed by atoms with Gasteiger partial charge in [-0.05, 0) is 57.6 Å². The number of aliphatic hydroxyl groups excluding tert-OH is 1. The summed E-state index contributed by atoms with van der Waals surface area (Å²) in [5.41, 5.74) is 4.92. The first-order valence-corrected chi connectivity index (χ1v) is 33.2. The molecular formula is C62H107N6O23SY-. The number of unbranched alkanes of at least 4 members (excludes halogenated alkanes) is 16. The summed E-state index contributed by atoms with van der Waals surface area (Å²) in [6.45, 7) is 4.95. The summed E-state index contributed by atoms with van der Waals surface area (Å²) < 4.78 is 21.3. The van der Waals surface area contributed by atoms with Gasteiger partial charge >= 0.3 is 29.8 Å². The third-order valence-corrected chi connectivity index (χ3v) is 15.0. The summed E-state index contributed by atoms with van der Waals surface area (Å²) >= 11 is 1.14. The van der Waals surface area contributed by atoms with Gasteiger partial charge in [0.15, 0.2) is 0 Å². The van der Waals surface area contributed by atoms with E-state index in [1.165, 1.54) is 51.4 Å². The number of carboxylic acids is 5. The van der Waals surface area contributed by atoms with Crippen LogP contribution in [0.4, 0.5) is 0 Å². The topological polar surface area (TPSA) is 466 Å². The molecule has 6 atom stereocenters. The number of nitrogens with two attached hydrogens (primary N) is 1. The van der Waals surface area contributed by atoms with E-state index in [2.05, 4.69) is 33.5 Å². The van der Waals surface area contributed by atoms with Gasteiger partial charge in [-0.15, -0.1) is 5.92 Å². The summed E-state index contributed by atoms with van der Waals surface area (Å²) in [5, 5.41) is 68.3. The Morgan fingerprint density at radius 2 is 0.914 bits per heavy atom. The van der Waals surface area contributed by atoms with E-state index in [1.807, 2.05) is 0 Å². The summed E-state index contributed by atoms with van der Waals surface area (Å²) in [4.78, 5) is 152. The second-order valence-electron chi connectivity index (χ2n) is 22.3. The number of nitrogens with one attached hydrogen (secondary N) is 5. The third-order valence-electron chi connectivity index (χ3n) is 13.9. The molecule has 0 rings (SSSR count). The molecule has 0 aromatic heterocycles.